The Morgan fingerprint density at radius 1 is 1.04 bits per heavy atom. The van der Waals surface area contributed by atoms with Crippen LogP contribution in [-0.2, 0) is 13.0 Å². The molecule has 4 heteroatoms. The fraction of sp³-hybridized carbons (Fsp3) is 0.217. The zero-order chi connectivity index (χ0) is 18.6. The topological polar surface area (TPSA) is 33.2 Å². The van der Waals surface area contributed by atoms with Crippen molar-refractivity contribution in [2.45, 2.75) is 31.8 Å². The van der Waals surface area contributed by atoms with E-state index in [0.717, 1.165) is 34.9 Å². The SMILES string of the molecule is O=C(c1ccc(Br)cc1)N(Cc1ccncc1)C1CCCc2ccccc21. The average Bonchev–Trinajstić information content (AvgIpc) is 2.72. The number of aryl methyl sites for hydroxylation is 1. The molecule has 0 saturated carbocycles. The van der Waals surface area contributed by atoms with Gasteiger partial charge in [-0.1, -0.05) is 40.2 Å². The van der Waals surface area contributed by atoms with Crippen molar-refractivity contribution >= 4 is 21.8 Å². The molecule has 0 bridgehead atoms. The van der Waals surface area contributed by atoms with E-state index in [2.05, 4.69) is 45.2 Å². The van der Waals surface area contributed by atoms with Gasteiger partial charge in [-0.15, -0.1) is 0 Å². The Morgan fingerprint density at radius 3 is 2.56 bits per heavy atom. The fourth-order valence-corrected chi connectivity index (χ4v) is 4.08. The first-order valence-corrected chi connectivity index (χ1v) is 10.0. The molecule has 1 heterocycles. The molecule has 3 nitrogen and oxygen atoms in total. The van der Waals surface area contributed by atoms with Crippen LogP contribution in [0.5, 0.6) is 0 Å². The number of nitrogens with zero attached hydrogens (tertiary/aromatic N) is 2. The molecular formula is C23H21BrN2O. The summed E-state index contributed by atoms with van der Waals surface area (Å²) in [6.07, 6.45) is 6.74. The molecule has 0 spiro atoms. The van der Waals surface area contributed by atoms with Crippen LogP contribution in [0, 0.1) is 0 Å². The third-order valence-corrected chi connectivity index (χ3v) is 5.70. The highest BCUT2D eigenvalue weighted by Crippen LogP contribution is 2.36. The van der Waals surface area contributed by atoms with Crippen molar-refractivity contribution in [3.05, 3.63) is 99.8 Å². The highest BCUT2D eigenvalue weighted by atomic mass is 79.9. The number of hydrogen-bond acceptors (Lipinski definition) is 2. The number of benzene rings is 2. The standard InChI is InChI=1S/C23H21BrN2O/c24-20-10-8-19(9-11-20)23(27)26(16-17-12-14-25-15-13-17)22-7-3-5-18-4-1-2-6-21(18)22/h1-2,4,6,8-15,22H,3,5,7,16H2. The van der Waals surface area contributed by atoms with Gasteiger partial charge in [0.2, 0.25) is 0 Å². The fourth-order valence-electron chi connectivity index (χ4n) is 3.82. The van der Waals surface area contributed by atoms with E-state index < -0.39 is 0 Å². The predicted molar refractivity (Wildman–Crippen MR) is 110 cm³/mol. The first kappa shape index (κ1) is 17.9. The van der Waals surface area contributed by atoms with Gasteiger partial charge in [0.15, 0.2) is 0 Å². The Hall–Kier alpha value is -2.46. The number of fused-ring (bicyclic) bond motifs is 1. The van der Waals surface area contributed by atoms with E-state index >= 15 is 0 Å². The highest BCUT2D eigenvalue weighted by molar-refractivity contribution is 9.10. The average molecular weight is 421 g/mol. The molecule has 1 aliphatic rings. The molecular weight excluding hydrogens is 400 g/mol. The number of amides is 1. The Bertz CT molecular complexity index is 925. The summed E-state index contributed by atoms with van der Waals surface area (Å²) in [7, 11) is 0. The lowest BCUT2D eigenvalue weighted by Gasteiger charge is -2.36. The van der Waals surface area contributed by atoms with Crippen LogP contribution in [0.2, 0.25) is 0 Å². The molecule has 0 aliphatic heterocycles. The van der Waals surface area contributed by atoms with E-state index in [1.807, 2.05) is 41.3 Å². The van der Waals surface area contributed by atoms with Gasteiger partial charge >= 0.3 is 0 Å². The summed E-state index contributed by atoms with van der Waals surface area (Å²) in [4.78, 5) is 19.6. The van der Waals surface area contributed by atoms with E-state index in [0.29, 0.717) is 6.54 Å². The van der Waals surface area contributed by atoms with E-state index in [1.165, 1.54) is 11.1 Å². The summed E-state index contributed by atoms with van der Waals surface area (Å²) in [6, 6.07) is 20.2. The summed E-state index contributed by atoms with van der Waals surface area (Å²) in [6.45, 7) is 0.580. The summed E-state index contributed by atoms with van der Waals surface area (Å²) in [5, 5.41) is 0. The Balaban J connectivity index is 1.72. The van der Waals surface area contributed by atoms with Gasteiger partial charge in [-0.05, 0) is 72.4 Å². The van der Waals surface area contributed by atoms with Crippen LogP contribution in [0.15, 0.2) is 77.5 Å². The number of halogens is 1. The van der Waals surface area contributed by atoms with Crippen LogP contribution in [-0.4, -0.2) is 15.8 Å². The Kier molecular flexibility index (Phi) is 5.35. The molecule has 1 amide bonds. The predicted octanol–water partition coefficient (Wildman–Crippen LogP) is 5.56. The molecule has 4 rings (SSSR count). The smallest absolute Gasteiger partial charge is 0.254 e. The number of carbonyl (C=O) groups excluding carboxylic acids is 1. The first-order valence-electron chi connectivity index (χ1n) is 9.25. The van der Waals surface area contributed by atoms with Crippen LogP contribution in [0.1, 0.15) is 45.9 Å². The minimum Gasteiger partial charge on any atom is -0.327 e. The van der Waals surface area contributed by atoms with Gasteiger partial charge in [0.1, 0.15) is 0 Å². The second-order valence-electron chi connectivity index (χ2n) is 6.90. The maximum atomic E-state index is 13.5. The third kappa shape index (κ3) is 3.96. The van der Waals surface area contributed by atoms with Crippen LogP contribution in [0.25, 0.3) is 0 Å². The number of aromatic nitrogens is 1. The highest BCUT2D eigenvalue weighted by Gasteiger charge is 2.29. The van der Waals surface area contributed by atoms with Crippen LogP contribution < -0.4 is 0 Å². The summed E-state index contributed by atoms with van der Waals surface area (Å²) >= 11 is 3.45. The quantitative estimate of drug-likeness (QED) is 0.552. The molecule has 0 saturated heterocycles. The van der Waals surface area contributed by atoms with Crippen molar-refractivity contribution in [2.75, 3.05) is 0 Å². The van der Waals surface area contributed by atoms with Gasteiger partial charge < -0.3 is 4.90 Å². The molecule has 0 N–H and O–H groups in total. The number of carbonyl (C=O) groups is 1. The zero-order valence-electron chi connectivity index (χ0n) is 15.0. The van der Waals surface area contributed by atoms with Gasteiger partial charge in [-0.2, -0.15) is 0 Å². The van der Waals surface area contributed by atoms with Crippen LogP contribution in [0.4, 0.5) is 0 Å². The molecule has 0 radical (unpaired) electrons. The molecule has 27 heavy (non-hydrogen) atoms. The van der Waals surface area contributed by atoms with Crippen molar-refractivity contribution in [1.82, 2.24) is 9.88 Å². The second kappa shape index (κ2) is 8.05. The number of pyridine rings is 1. The molecule has 1 atom stereocenters. The van der Waals surface area contributed by atoms with Crippen molar-refractivity contribution in [3.63, 3.8) is 0 Å². The molecule has 136 valence electrons. The van der Waals surface area contributed by atoms with E-state index in [1.54, 1.807) is 12.4 Å². The Labute approximate surface area is 168 Å². The number of rotatable bonds is 4. The van der Waals surface area contributed by atoms with Crippen molar-refractivity contribution in [3.8, 4) is 0 Å². The second-order valence-corrected chi connectivity index (χ2v) is 7.82. The van der Waals surface area contributed by atoms with Gasteiger partial charge in [-0.25, -0.2) is 0 Å². The Morgan fingerprint density at radius 2 is 1.78 bits per heavy atom. The molecule has 1 aliphatic carbocycles. The monoisotopic (exact) mass is 420 g/mol. The zero-order valence-corrected chi connectivity index (χ0v) is 16.6. The summed E-state index contributed by atoms with van der Waals surface area (Å²) in [5.74, 6) is 0.0704. The van der Waals surface area contributed by atoms with E-state index in [4.69, 9.17) is 0 Å². The lowest BCUT2D eigenvalue weighted by atomic mass is 9.86. The van der Waals surface area contributed by atoms with Crippen molar-refractivity contribution < 1.29 is 4.79 Å². The van der Waals surface area contributed by atoms with Crippen LogP contribution >= 0.6 is 15.9 Å². The molecule has 2 aromatic carbocycles. The van der Waals surface area contributed by atoms with Crippen molar-refractivity contribution in [2.24, 2.45) is 0 Å². The van der Waals surface area contributed by atoms with Gasteiger partial charge in [-0.3, -0.25) is 9.78 Å². The largest absolute Gasteiger partial charge is 0.327 e. The van der Waals surface area contributed by atoms with Gasteiger partial charge in [0, 0.05) is 29.0 Å². The molecule has 3 aromatic rings. The van der Waals surface area contributed by atoms with Gasteiger partial charge in [0.25, 0.3) is 5.91 Å². The third-order valence-electron chi connectivity index (χ3n) is 5.17. The summed E-state index contributed by atoms with van der Waals surface area (Å²) < 4.78 is 0.975. The van der Waals surface area contributed by atoms with Crippen molar-refractivity contribution in [1.29, 1.82) is 0 Å². The molecule has 1 aromatic heterocycles. The minimum atomic E-state index is 0.0704. The lowest BCUT2D eigenvalue weighted by Crippen LogP contribution is -2.36. The van der Waals surface area contributed by atoms with Gasteiger partial charge in [0.05, 0.1) is 6.04 Å². The van der Waals surface area contributed by atoms with E-state index in [9.17, 15) is 4.79 Å². The minimum absolute atomic E-state index is 0.0704. The summed E-state index contributed by atoms with van der Waals surface area (Å²) in [5.41, 5.74) is 4.45. The van der Waals surface area contributed by atoms with Crippen LogP contribution in [0.3, 0.4) is 0 Å². The van der Waals surface area contributed by atoms with E-state index in [-0.39, 0.29) is 11.9 Å². The molecule has 0 fully saturated rings. The normalized spacial score (nSPS) is 15.8. The maximum absolute atomic E-state index is 13.5. The lowest BCUT2D eigenvalue weighted by molar-refractivity contribution is 0.0638. The first-order chi connectivity index (χ1) is 13.2. The molecule has 1 unspecified atom stereocenters. The number of hydrogen-bond donors (Lipinski definition) is 0. The maximum Gasteiger partial charge on any atom is 0.254 e.